The topological polar surface area (TPSA) is 75.9 Å². The van der Waals surface area contributed by atoms with Gasteiger partial charge in [0.15, 0.2) is 0 Å². The maximum Gasteiger partial charge on any atom is 0.267 e. The SMILES string of the molecule is COc1ccc(CCN2C(=O)/C(=C\c3c(NCC(C)C)nc4ccccn4c3=O)SC2=S)cc1. The van der Waals surface area contributed by atoms with E-state index in [-0.39, 0.29) is 11.5 Å². The van der Waals surface area contributed by atoms with E-state index in [4.69, 9.17) is 17.0 Å². The summed E-state index contributed by atoms with van der Waals surface area (Å²) in [6.45, 7) is 5.27. The first-order chi connectivity index (χ1) is 16.4. The molecule has 1 aromatic carbocycles. The summed E-state index contributed by atoms with van der Waals surface area (Å²) in [5.74, 6) is 1.42. The predicted octanol–water partition coefficient (Wildman–Crippen LogP) is 4.21. The van der Waals surface area contributed by atoms with E-state index in [1.165, 1.54) is 16.2 Å². The summed E-state index contributed by atoms with van der Waals surface area (Å²) in [7, 11) is 1.63. The van der Waals surface area contributed by atoms with Gasteiger partial charge in [-0.3, -0.25) is 18.9 Å². The van der Waals surface area contributed by atoms with Crippen molar-refractivity contribution in [1.82, 2.24) is 14.3 Å². The molecule has 1 saturated heterocycles. The van der Waals surface area contributed by atoms with Crippen LogP contribution in [0.3, 0.4) is 0 Å². The molecule has 3 aromatic rings. The van der Waals surface area contributed by atoms with Gasteiger partial charge in [-0.2, -0.15) is 0 Å². The molecule has 1 amide bonds. The summed E-state index contributed by atoms with van der Waals surface area (Å²) in [4.78, 5) is 33.1. The fraction of sp³-hybridized carbons (Fsp3) is 0.280. The normalized spacial score (nSPS) is 15.1. The number of benzene rings is 1. The first-order valence-electron chi connectivity index (χ1n) is 11.0. The molecule has 0 saturated carbocycles. The number of hydrogen-bond donors (Lipinski definition) is 1. The lowest BCUT2D eigenvalue weighted by Gasteiger charge is -2.14. The van der Waals surface area contributed by atoms with Crippen LogP contribution in [0.15, 0.2) is 58.4 Å². The van der Waals surface area contributed by atoms with E-state index in [0.717, 1.165) is 11.3 Å². The lowest BCUT2D eigenvalue weighted by Crippen LogP contribution is -2.30. The Bertz CT molecular complexity index is 1320. The third kappa shape index (κ3) is 5.15. The van der Waals surface area contributed by atoms with Crippen LogP contribution in [0.25, 0.3) is 11.7 Å². The summed E-state index contributed by atoms with van der Waals surface area (Å²) >= 11 is 6.70. The number of methoxy groups -OCH3 is 1. The summed E-state index contributed by atoms with van der Waals surface area (Å²) in [5.41, 5.74) is 1.74. The van der Waals surface area contributed by atoms with Gasteiger partial charge < -0.3 is 10.1 Å². The molecule has 1 aliphatic heterocycles. The van der Waals surface area contributed by atoms with Crippen molar-refractivity contribution in [2.24, 2.45) is 5.92 Å². The minimum absolute atomic E-state index is 0.198. The Labute approximate surface area is 207 Å². The smallest absolute Gasteiger partial charge is 0.267 e. The zero-order valence-electron chi connectivity index (χ0n) is 19.3. The van der Waals surface area contributed by atoms with Crippen molar-refractivity contribution < 1.29 is 9.53 Å². The molecule has 1 N–H and O–H groups in total. The predicted molar refractivity (Wildman–Crippen MR) is 141 cm³/mol. The first-order valence-corrected chi connectivity index (χ1v) is 12.2. The molecular formula is C25H26N4O3S2. The van der Waals surface area contributed by atoms with Crippen LogP contribution in [0.2, 0.25) is 0 Å². The van der Waals surface area contributed by atoms with Gasteiger partial charge in [-0.05, 0) is 48.2 Å². The second-order valence-electron chi connectivity index (χ2n) is 8.31. The molecule has 2 aromatic heterocycles. The lowest BCUT2D eigenvalue weighted by molar-refractivity contribution is -0.122. The molecule has 4 rings (SSSR count). The Morgan fingerprint density at radius 2 is 1.94 bits per heavy atom. The van der Waals surface area contributed by atoms with Crippen molar-refractivity contribution in [3.63, 3.8) is 0 Å². The van der Waals surface area contributed by atoms with E-state index in [1.807, 2.05) is 30.3 Å². The maximum atomic E-state index is 13.3. The van der Waals surface area contributed by atoms with Crippen molar-refractivity contribution in [3.05, 3.63) is 75.0 Å². The highest BCUT2D eigenvalue weighted by atomic mass is 32.2. The number of amides is 1. The Balaban J connectivity index is 1.61. The number of nitrogens with one attached hydrogen (secondary N) is 1. The zero-order valence-corrected chi connectivity index (χ0v) is 20.9. The molecule has 34 heavy (non-hydrogen) atoms. The summed E-state index contributed by atoms with van der Waals surface area (Å²) in [6.07, 6.45) is 3.95. The molecule has 9 heteroatoms. The van der Waals surface area contributed by atoms with Gasteiger partial charge in [-0.15, -0.1) is 0 Å². The average molecular weight is 495 g/mol. The number of anilines is 1. The Morgan fingerprint density at radius 3 is 2.65 bits per heavy atom. The standard InChI is InChI=1S/C25H26N4O3S2/c1-16(2)15-26-22-19(23(30)28-12-5-4-6-21(28)27-22)14-20-24(31)29(25(33)34-20)13-11-17-7-9-18(32-3)10-8-17/h4-10,12,14,16,26H,11,13,15H2,1-3H3/b20-14+. The van der Waals surface area contributed by atoms with E-state index in [1.54, 1.807) is 36.4 Å². The number of aromatic nitrogens is 2. The quantitative estimate of drug-likeness (QED) is 0.371. The van der Waals surface area contributed by atoms with Crippen molar-refractivity contribution in [1.29, 1.82) is 0 Å². The maximum absolute atomic E-state index is 13.3. The van der Waals surface area contributed by atoms with Crippen LogP contribution < -0.4 is 15.6 Å². The minimum atomic E-state index is -0.236. The molecular weight excluding hydrogens is 468 g/mol. The van der Waals surface area contributed by atoms with Crippen LogP contribution in [-0.2, 0) is 11.2 Å². The summed E-state index contributed by atoms with van der Waals surface area (Å²) in [6, 6.07) is 13.1. The van der Waals surface area contributed by atoms with Crippen LogP contribution in [0, 0.1) is 5.92 Å². The number of carbonyl (C=O) groups excluding carboxylic acids is 1. The lowest BCUT2D eigenvalue weighted by atomic mass is 10.1. The highest BCUT2D eigenvalue weighted by Crippen LogP contribution is 2.33. The van der Waals surface area contributed by atoms with Gasteiger partial charge in [0.25, 0.3) is 11.5 Å². The van der Waals surface area contributed by atoms with Gasteiger partial charge in [-0.25, -0.2) is 4.98 Å². The number of thiocarbonyl (C=S) groups is 1. The number of ether oxygens (including phenoxy) is 1. The van der Waals surface area contributed by atoms with E-state index in [9.17, 15) is 9.59 Å². The summed E-state index contributed by atoms with van der Waals surface area (Å²) in [5, 5.41) is 3.27. The molecule has 0 atom stereocenters. The molecule has 0 radical (unpaired) electrons. The molecule has 0 aliphatic carbocycles. The fourth-order valence-corrected chi connectivity index (χ4v) is 4.82. The van der Waals surface area contributed by atoms with Crippen molar-refractivity contribution >= 4 is 51.7 Å². The van der Waals surface area contributed by atoms with Gasteiger partial charge in [0.05, 0.1) is 17.6 Å². The van der Waals surface area contributed by atoms with Gasteiger partial charge >= 0.3 is 0 Å². The van der Waals surface area contributed by atoms with Crippen molar-refractivity contribution in [2.75, 3.05) is 25.5 Å². The zero-order chi connectivity index (χ0) is 24.2. The fourth-order valence-electron chi connectivity index (χ4n) is 3.53. The highest BCUT2D eigenvalue weighted by Gasteiger charge is 2.32. The van der Waals surface area contributed by atoms with Crippen LogP contribution in [0.4, 0.5) is 5.82 Å². The first kappa shape index (κ1) is 24.0. The molecule has 176 valence electrons. The number of carbonyl (C=O) groups is 1. The second-order valence-corrected chi connectivity index (χ2v) is 9.99. The number of thioether (sulfide) groups is 1. The number of pyridine rings is 1. The van der Waals surface area contributed by atoms with Crippen molar-refractivity contribution in [2.45, 2.75) is 20.3 Å². The Hall–Kier alpha value is -3.17. The Kier molecular flexibility index (Phi) is 7.33. The van der Waals surface area contributed by atoms with E-state index >= 15 is 0 Å². The second kappa shape index (κ2) is 10.4. The molecule has 3 heterocycles. The van der Waals surface area contributed by atoms with Crippen LogP contribution in [0.1, 0.15) is 25.0 Å². The van der Waals surface area contributed by atoms with Crippen LogP contribution >= 0.6 is 24.0 Å². The number of fused-ring (bicyclic) bond motifs is 1. The molecule has 0 bridgehead atoms. The van der Waals surface area contributed by atoms with Crippen LogP contribution in [-0.4, -0.2) is 44.7 Å². The van der Waals surface area contributed by atoms with Gasteiger partial charge in [-0.1, -0.05) is 56.0 Å². The number of hydrogen-bond acceptors (Lipinski definition) is 7. The van der Waals surface area contributed by atoms with Gasteiger partial charge in [0, 0.05) is 19.3 Å². The van der Waals surface area contributed by atoms with Crippen LogP contribution in [0.5, 0.6) is 5.75 Å². The third-order valence-electron chi connectivity index (χ3n) is 5.38. The molecule has 1 fully saturated rings. The van der Waals surface area contributed by atoms with E-state index < -0.39 is 0 Å². The molecule has 0 spiro atoms. The molecule has 7 nitrogen and oxygen atoms in total. The monoisotopic (exact) mass is 494 g/mol. The van der Waals surface area contributed by atoms with E-state index in [0.29, 0.717) is 51.7 Å². The average Bonchev–Trinajstić information content (AvgIpc) is 3.10. The van der Waals surface area contributed by atoms with Gasteiger partial charge in [0.2, 0.25) is 0 Å². The molecule has 0 unspecified atom stereocenters. The van der Waals surface area contributed by atoms with E-state index in [2.05, 4.69) is 24.1 Å². The minimum Gasteiger partial charge on any atom is -0.497 e. The number of rotatable bonds is 8. The third-order valence-corrected chi connectivity index (χ3v) is 6.76. The summed E-state index contributed by atoms with van der Waals surface area (Å²) < 4.78 is 7.16. The van der Waals surface area contributed by atoms with Gasteiger partial charge in [0.1, 0.15) is 21.5 Å². The van der Waals surface area contributed by atoms with Crippen molar-refractivity contribution in [3.8, 4) is 5.75 Å². The number of nitrogens with zero attached hydrogens (tertiary/aromatic N) is 3. The highest BCUT2D eigenvalue weighted by molar-refractivity contribution is 8.26. The largest absolute Gasteiger partial charge is 0.497 e. The molecule has 1 aliphatic rings. The Morgan fingerprint density at radius 1 is 1.18 bits per heavy atom.